The number of pyridine rings is 1. The molecule has 0 saturated heterocycles. The number of anilines is 1. The molecule has 0 saturated carbocycles. The molecule has 0 unspecified atom stereocenters. The van der Waals surface area contributed by atoms with E-state index in [1.807, 2.05) is 36.4 Å². The minimum atomic E-state index is -0.278. The van der Waals surface area contributed by atoms with Gasteiger partial charge in [0.15, 0.2) is 0 Å². The number of nitrogens with one attached hydrogen (secondary N) is 1. The monoisotopic (exact) mass is 330 g/mol. The summed E-state index contributed by atoms with van der Waals surface area (Å²) in [4.78, 5) is 4.59. The summed E-state index contributed by atoms with van der Waals surface area (Å²) in [7, 11) is 1.78. The van der Waals surface area contributed by atoms with Crippen molar-refractivity contribution in [1.29, 1.82) is 0 Å². The highest BCUT2D eigenvalue weighted by Crippen LogP contribution is 2.33. The Labute approximate surface area is 124 Å². The minimum absolute atomic E-state index is 0.278. The van der Waals surface area contributed by atoms with Gasteiger partial charge in [0, 0.05) is 22.8 Å². The number of nitrogens with zero attached hydrogens (tertiary/aromatic N) is 1. The first-order valence-corrected chi connectivity index (χ1v) is 7.02. The van der Waals surface area contributed by atoms with Gasteiger partial charge in [-0.3, -0.25) is 0 Å². The number of benzene rings is 2. The average Bonchev–Trinajstić information content (AvgIpc) is 2.51. The smallest absolute Gasteiger partial charge is 0.134 e. The van der Waals surface area contributed by atoms with E-state index >= 15 is 0 Å². The van der Waals surface area contributed by atoms with Crippen molar-refractivity contribution in [3.63, 3.8) is 0 Å². The summed E-state index contributed by atoms with van der Waals surface area (Å²) in [6, 6.07) is 14.8. The van der Waals surface area contributed by atoms with E-state index in [0.717, 1.165) is 21.4 Å². The molecule has 0 aliphatic rings. The van der Waals surface area contributed by atoms with Gasteiger partial charge in [0.2, 0.25) is 0 Å². The van der Waals surface area contributed by atoms with Gasteiger partial charge >= 0.3 is 0 Å². The molecule has 0 fully saturated rings. The van der Waals surface area contributed by atoms with Crippen molar-refractivity contribution in [2.75, 3.05) is 12.4 Å². The van der Waals surface area contributed by atoms with Gasteiger partial charge in [-0.25, -0.2) is 9.37 Å². The quantitative estimate of drug-likeness (QED) is 0.726. The number of fused-ring (bicyclic) bond motifs is 1. The second-order valence-electron chi connectivity index (χ2n) is 4.42. The highest BCUT2D eigenvalue weighted by molar-refractivity contribution is 9.10. The van der Waals surface area contributed by atoms with Crippen LogP contribution in [0, 0.1) is 5.82 Å². The lowest BCUT2D eigenvalue weighted by molar-refractivity contribution is 0.639. The first-order chi connectivity index (χ1) is 9.70. The van der Waals surface area contributed by atoms with E-state index in [0.29, 0.717) is 10.9 Å². The van der Waals surface area contributed by atoms with Crippen LogP contribution in [-0.4, -0.2) is 12.0 Å². The van der Waals surface area contributed by atoms with Crippen LogP contribution in [-0.2, 0) is 0 Å². The fraction of sp³-hybridized carbons (Fsp3) is 0.0625. The molecule has 0 spiro atoms. The fourth-order valence-corrected chi connectivity index (χ4v) is 2.64. The van der Waals surface area contributed by atoms with Crippen molar-refractivity contribution >= 4 is 32.5 Å². The molecule has 0 aliphatic carbocycles. The Morgan fingerprint density at radius 1 is 1.10 bits per heavy atom. The van der Waals surface area contributed by atoms with E-state index in [1.165, 1.54) is 6.07 Å². The Morgan fingerprint density at radius 3 is 2.55 bits per heavy atom. The fourth-order valence-electron chi connectivity index (χ4n) is 2.22. The highest BCUT2D eigenvalue weighted by Gasteiger charge is 2.12. The van der Waals surface area contributed by atoms with E-state index in [1.54, 1.807) is 13.1 Å². The molecule has 3 rings (SSSR count). The number of rotatable bonds is 2. The normalized spacial score (nSPS) is 10.8. The summed E-state index contributed by atoms with van der Waals surface area (Å²) in [5, 5.41) is 3.55. The molecule has 1 N–H and O–H groups in total. The van der Waals surface area contributed by atoms with E-state index in [4.69, 9.17) is 0 Å². The molecule has 4 heteroatoms. The van der Waals surface area contributed by atoms with Gasteiger partial charge in [-0.15, -0.1) is 0 Å². The lowest BCUT2D eigenvalue weighted by Crippen LogP contribution is -1.96. The molecule has 3 aromatic rings. The number of hydrogen-bond acceptors (Lipinski definition) is 2. The zero-order valence-corrected chi connectivity index (χ0v) is 12.4. The number of halogens is 2. The maximum Gasteiger partial charge on any atom is 0.134 e. The summed E-state index contributed by atoms with van der Waals surface area (Å²) < 4.78 is 14.8. The molecule has 2 aromatic carbocycles. The number of hydrogen-bond donors (Lipinski definition) is 1. The van der Waals surface area contributed by atoms with Crippen LogP contribution in [0.4, 0.5) is 10.1 Å². The Hall–Kier alpha value is -1.94. The second kappa shape index (κ2) is 5.21. The molecular weight excluding hydrogens is 319 g/mol. The van der Waals surface area contributed by atoms with Crippen LogP contribution in [0.25, 0.3) is 22.2 Å². The third-order valence-corrected chi connectivity index (χ3v) is 3.84. The molecule has 2 nitrogen and oxygen atoms in total. The Morgan fingerprint density at radius 2 is 1.85 bits per heavy atom. The third-order valence-electron chi connectivity index (χ3n) is 3.20. The Balaban J connectivity index is 2.35. The van der Waals surface area contributed by atoms with Crippen LogP contribution < -0.4 is 5.32 Å². The molecule has 0 bridgehead atoms. The Bertz CT molecular complexity index is 772. The van der Waals surface area contributed by atoms with Gasteiger partial charge in [-0.2, -0.15) is 0 Å². The first kappa shape index (κ1) is 13.1. The molecule has 1 heterocycles. The first-order valence-electron chi connectivity index (χ1n) is 6.22. The van der Waals surface area contributed by atoms with Gasteiger partial charge in [0.1, 0.15) is 5.82 Å². The minimum Gasteiger partial charge on any atom is -0.387 e. The Kier molecular flexibility index (Phi) is 3.40. The molecule has 0 radical (unpaired) electrons. The molecule has 0 atom stereocenters. The van der Waals surface area contributed by atoms with Crippen LogP contribution in [0.2, 0.25) is 0 Å². The van der Waals surface area contributed by atoms with Gasteiger partial charge in [-0.05, 0) is 34.1 Å². The number of aromatic nitrogens is 1. The van der Waals surface area contributed by atoms with Crippen molar-refractivity contribution in [2.24, 2.45) is 0 Å². The zero-order valence-electron chi connectivity index (χ0n) is 10.8. The topological polar surface area (TPSA) is 24.9 Å². The standard InChI is InChI=1S/C16H12BrFN2/c1-19-14-9-13(10-5-3-2-4-6-10)20-16-11(17)7-8-12(18)15(14)16/h2-9H,1H3,(H,19,20). The van der Waals surface area contributed by atoms with Crippen LogP contribution in [0.3, 0.4) is 0 Å². The van der Waals surface area contributed by atoms with Gasteiger partial charge in [0.05, 0.1) is 16.6 Å². The van der Waals surface area contributed by atoms with E-state index in [9.17, 15) is 4.39 Å². The lowest BCUT2D eigenvalue weighted by atomic mass is 10.1. The summed E-state index contributed by atoms with van der Waals surface area (Å²) in [5.41, 5.74) is 3.17. The van der Waals surface area contributed by atoms with E-state index in [2.05, 4.69) is 26.2 Å². The van der Waals surface area contributed by atoms with Crippen LogP contribution in [0.1, 0.15) is 0 Å². The molecule has 100 valence electrons. The molecular formula is C16H12BrFN2. The zero-order chi connectivity index (χ0) is 14.1. The van der Waals surface area contributed by atoms with Crippen LogP contribution in [0.15, 0.2) is 53.0 Å². The molecule has 0 amide bonds. The third kappa shape index (κ3) is 2.16. The maximum atomic E-state index is 14.0. The predicted octanol–water partition coefficient (Wildman–Crippen LogP) is 4.85. The highest BCUT2D eigenvalue weighted by atomic mass is 79.9. The molecule has 1 aromatic heterocycles. The molecule has 0 aliphatic heterocycles. The van der Waals surface area contributed by atoms with Crippen molar-refractivity contribution in [1.82, 2.24) is 4.98 Å². The summed E-state index contributed by atoms with van der Waals surface area (Å²) >= 11 is 3.44. The predicted molar refractivity (Wildman–Crippen MR) is 84.4 cm³/mol. The van der Waals surface area contributed by atoms with Crippen molar-refractivity contribution < 1.29 is 4.39 Å². The van der Waals surface area contributed by atoms with Gasteiger partial charge in [0.25, 0.3) is 0 Å². The van der Waals surface area contributed by atoms with E-state index < -0.39 is 0 Å². The van der Waals surface area contributed by atoms with Crippen LogP contribution in [0.5, 0.6) is 0 Å². The lowest BCUT2D eigenvalue weighted by Gasteiger charge is -2.11. The SMILES string of the molecule is CNc1cc(-c2ccccc2)nc2c(Br)ccc(F)c12. The van der Waals surface area contributed by atoms with Gasteiger partial charge in [-0.1, -0.05) is 30.3 Å². The van der Waals surface area contributed by atoms with Gasteiger partial charge < -0.3 is 5.32 Å². The van der Waals surface area contributed by atoms with Crippen molar-refractivity contribution in [2.45, 2.75) is 0 Å². The van der Waals surface area contributed by atoms with Crippen molar-refractivity contribution in [3.05, 3.63) is 58.8 Å². The summed E-state index contributed by atoms with van der Waals surface area (Å²) in [5.74, 6) is -0.278. The molecule has 20 heavy (non-hydrogen) atoms. The maximum absolute atomic E-state index is 14.0. The van der Waals surface area contributed by atoms with Crippen molar-refractivity contribution in [3.8, 4) is 11.3 Å². The summed E-state index contributed by atoms with van der Waals surface area (Å²) in [6.07, 6.45) is 0. The van der Waals surface area contributed by atoms with E-state index in [-0.39, 0.29) is 5.82 Å². The second-order valence-corrected chi connectivity index (χ2v) is 5.28. The average molecular weight is 331 g/mol. The largest absolute Gasteiger partial charge is 0.387 e. The summed E-state index contributed by atoms with van der Waals surface area (Å²) in [6.45, 7) is 0. The van der Waals surface area contributed by atoms with Crippen LogP contribution >= 0.6 is 15.9 Å².